The van der Waals surface area contributed by atoms with E-state index in [9.17, 15) is 4.39 Å². The van der Waals surface area contributed by atoms with Crippen molar-refractivity contribution >= 4 is 27.6 Å². The number of nitrogens with one attached hydrogen (secondary N) is 4. The number of hydrogen-bond donors (Lipinski definition) is 4. The van der Waals surface area contributed by atoms with Gasteiger partial charge in [0, 0.05) is 22.5 Å². The third-order valence-corrected chi connectivity index (χ3v) is 7.82. The van der Waals surface area contributed by atoms with E-state index in [0.717, 1.165) is 42.1 Å². The molecule has 6 heteroatoms. The van der Waals surface area contributed by atoms with Gasteiger partial charge in [-0.3, -0.25) is 5.32 Å². The zero-order valence-corrected chi connectivity index (χ0v) is 23.8. The first-order chi connectivity index (χ1) is 17.4. The number of aromatic nitrogens is 1. The smallest absolute Gasteiger partial charge is 0.147 e. The summed E-state index contributed by atoms with van der Waals surface area (Å²) in [5, 5.41) is 11.6. The second-order valence-electron chi connectivity index (χ2n) is 8.73. The Morgan fingerprint density at radius 1 is 0.972 bits per heavy atom. The van der Waals surface area contributed by atoms with Crippen molar-refractivity contribution in [3.63, 3.8) is 0 Å². The molecule has 1 atom stereocenters. The third kappa shape index (κ3) is 5.65. The molecule has 0 amide bonds. The van der Waals surface area contributed by atoms with Crippen LogP contribution in [0.5, 0.6) is 0 Å². The van der Waals surface area contributed by atoms with E-state index in [1.165, 1.54) is 32.1 Å². The van der Waals surface area contributed by atoms with Crippen LogP contribution in [0.15, 0.2) is 47.1 Å². The van der Waals surface area contributed by atoms with Gasteiger partial charge in [0.15, 0.2) is 0 Å². The van der Waals surface area contributed by atoms with Crippen molar-refractivity contribution in [1.82, 2.24) is 20.9 Å². The highest BCUT2D eigenvalue weighted by Gasteiger charge is 2.29. The Morgan fingerprint density at radius 2 is 1.69 bits per heavy atom. The predicted molar refractivity (Wildman–Crippen MR) is 156 cm³/mol. The standard InChI is InChI=1S/C26H29FN4S.2C2H6/c1-14-5-7-18(11-16(14)3)22-12-21-25(32-22)26(30-13-29-21)28-10-9-19-17(4)31-24-20(27)8-6-15(2)23(19)24;2*1-2/h5-8,11-12,21,28-31H,9-10,13H2,1-4H3;2*1-2H3. The van der Waals surface area contributed by atoms with Crippen molar-refractivity contribution in [2.24, 2.45) is 0 Å². The lowest BCUT2D eigenvalue weighted by molar-refractivity contribution is 0.542. The maximum absolute atomic E-state index is 14.3. The molecule has 0 radical (unpaired) electrons. The summed E-state index contributed by atoms with van der Waals surface area (Å²) in [7, 11) is 0. The van der Waals surface area contributed by atoms with E-state index in [1.54, 1.807) is 6.07 Å². The number of aryl methyl sites for hydroxylation is 4. The molecule has 0 fully saturated rings. The summed E-state index contributed by atoms with van der Waals surface area (Å²) in [5.41, 5.74) is 7.86. The van der Waals surface area contributed by atoms with E-state index >= 15 is 0 Å². The highest BCUT2D eigenvalue weighted by molar-refractivity contribution is 8.12. The lowest BCUT2D eigenvalue weighted by Crippen LogP contribution is -2.45. The second kappa shape index (κ2) is 12.5. The number of rotatable bonds is 5. The first kappa shape index (κ1) is 27.9. The molecule has 4 nitrogen and oxygen atoms in total. The molecule has 36 heavy (non-hydrogen) atoms. The average Bonchev–Trinajstić information content (AvgIpc) is 3.48. The Balaban J connectivity index is 0.000000861. The Labute approximate surface area is 220 Å². The van der Waals surface area contributed by atoms with Gasteiger partial charge in [-0.2, -0.15) is 0 Å². The van der Waals surface area contributed by atoms with Gasteiger partial charge in [-0.1, -0.05) is 63.7 Å². The molecule has 2 aromatic carbocycles. The molecule has 2 aliphatic heterocycles. The third-order valence-electron chi connectivity index (χ3n) is 6.55. The molecule has 4 N–H and O–H groups in total. The van der Waals surface area contributed by atoms with Crippen LogP contribution in [0.25, 0.3) is 15.8 Å². The minimum absolute atomic E-state index is 0.187. The molecule has 1 unspecified atom stereocenters. The number of fused-ring (bicyclic) bond motifs is 2. The fraction of sp³-hybridized carbons (Fsp3) is 0.400. The van der Waals surface area contributed by atoms with E-state index in [2.05, 4.69) is 59.1 Å². The lowest BCUT2D eigenvalue weighted by Gasteiger charge is -2.26. The summed E-state index contributed by atoms with van der Waals surface area (Å²) < 4.78 is 14.3. The number of aromatic amines is 1. The van der Waals surface area contributed by atoms with Crippen molar-refractivity contribution in [3.05, 3.63) is 86.5 Å². The van der Waals surface area contributed by atoms with Crippen LogP contribution in [0, 0.1) is 33.5 Å². The molecule has 0 saturated carbocycles. The maximum Gasteiger partial charge on any atom is 0.147 e. The molecule has 0 spiro atoms. The van der Waals surface area contributed by atoms with Crippen LogP contribution < -0.4 is 16.0 Å². The zero-order chi connectivity index (χ0) is 26.4. The van der Waals surface area contributed by atoms with E-state index in [0.29, 0.717) is 5.52 Å². The monoisotopic (exact) mass is 508 g/mol. The van der Waals surface area contributed by atoms with Gasteiger partial charge < -0.3 is 15.6 Å². The zero-order valence-electron chi connectivity index (χ0n) is 22.9. The number of halogens is 1. The molecule has 1 aromatic heterocycles. The quantitative estimate of drug-likeness (QED) is 0.294. The van der Waals surface area contributed by atoms with Crippen molar-refractivity contribution in [2.45, 2.75) is 67.9 Å². The minimum atomic E-state index is -0.187. The van der Waals surface area contributed by atoms with Crippen molar-refractivity contribution in [2.75, 3.05) is 13.2 Å². The van der Waals surface area contributed by atoms with Crippen LogP contribution in [0.1, 0.15) is 61.2 Å². The van der Waals surface area contributed by atoms with Gasteiger partial charge in [0.25, 0.3) is 0 Å². The van der Waals surface area contributed by atoms with Gasteiger partial charge in [-0.15, -0.1) is 0 Å². The fourth-order valence-corrected chi connectivity index (χ4v) is 5.82. The summed E-state index contributed by atoms with van der Waals surface area (Å²) in [5.74, 6) is 0.905. The fourth-order valence-electron chi connectivity index (χ4n) is 4.61. The molecule has 0 aliphatic carbocycles. The van der Waals surface area contributed by atoms with Crippen LogP contribution in [0.4, 0.5) is 4.39 Å². The van der Waals surface area contributed by atoms with Crippen molar-refractivity contribution < 1.29 is 4.39 Å². The first-order valence-corrected chi connectivity index (χ1v) is 13.9. The summed E-state index contributed by atoms with van der Waals surface area (Å²) in [6, 6.07) is 10.3. The normalized spacial score (nSPS) is 16.4. The molecule has 194 valence electrons. The van der Waals surface area contributed by atoms with Crippen molar-refractivity contribution in [1.29, 1.82) is 0 Å². The Hall–Kier alpha value is -2.70. The van der Waals surface area contributed by atoms with Gasteiger partial charge in [0.2, 0.25) is 0 Å². The molecule has 0 saturated heterocycles. The Bertz CT molecular complexity index is 1270. The van der Waals surface area contributed by atoms with Crippen LogP contribution in [0.3, 0.4) is 0 Å². The summed E-state index contributed by atoms with van der Waals surface area (Å²) >= 11 is 1.83. The van der Waals surface area contributed by atoms with Gasteiger partial charge in [-0.05, 0) is 74.1 Å². The summed E-state index contributed by atoms with van der Waals surface area (Å²) in [6.07, 6.45) is 3.15. The number of benzene rings is 2. The number of thioether (sulfide) groups is 1. The Kier molecular flexibility index (Phi) is 9.69. The minimum Gasteiger partial charge on any atom is -0.371 e. The molecule has 3 aromatic rings. The highest BCUT2D eigenvalue weighted by atomic mass is 32.2. The maximum atomic E-state index is 14.3. The molecular weight excluding hydrogens is 467 g/mol. The van der Waals surface area contributed by atoms with Crippen LogP contribution in [-0.4, -0.2) is 24.2 Å². The largest absolute Gasteiger partial charge is 0.371 e. The average molecular weight is 509 g/mol. The van der Waals surface area contributed by atoms with Crippen LogP contribution in [0.2, 0.25) is 0 Å². The van der Waals surface area contributed by atoms with Gasteiger partial charge in [0.05, 0.1) is 23.1 Å². The van der Waals surface area contributed by atoms with E-state index < -0.39 is 0 Å². The second-order valence-corrected chi connectivity index (χ2v) is 9.81. The molecule has 2 aliphatic rings. The lowest BCUT2D eigenvalue weighted by atomic mass is 10.0. The molecule has 0 bridgehead atoms. The van der Waals surface area contributed by atoms with Crippen LogP contribution >= 0.6 is 11.8 Å². The summed E-state index contributed by atoms with van der Waals surface area (Å²) in [4.78, 5) is 5.81. The van der Waals surface area contributed by atoms with E-state index in [1.807, 2.05) is 59.4 Å². The van der Waals surface area contributed by atoms with Crippen molar-refractivity contribution in [3.8, 4) is 0 Å². The number of H-pyrrole nitrogens is 1. The van der Waals surface area contributed by atoms with Crippen LogP contribution in [-0.2, 0) is 6.42 Å². The highest BCUT2D eigenvalue weighted by Crippen LogP contribution is 2.44. The van der Waals surface area contributed by atoms with E-state index in [-0.39, 0.29) is 11.9 Å². The van der Waals surface area contributed by atoms with Gasteiger partial charge >= 0.3 is 0 Å². The number of hydrogen-bond acceptors (Lipinski definition) is 4. The van der Waals surface area contributed by atoms with E-state index in [4.69, 9.17) is 0 Å². The van der Waals surface area contributed by atoms with Gasteiger partial charge in [-0.25, -0.2) is 4.39 Å². The SMILES string of the molecule is CC.CC.Cc1ccc(C2=CC3NCNC(NCCc4c(C)[nH]c5c(F)ccc(C)c45)=C3S2)cc1C. The van der Waals surface area contributed by atoms with Gasteiger partial charge in [0.1, 0.15) is 11.6 Å². The molecule has 5 rings (SSSR count). The Morgan fingerprint density at radius 3 is 2.42 bits per heavy atom. The predicted octanol–water partition coefficient (Wildman–Crippen LogP) is 7.20. The molecular formula is C30H41FN4S. The first-order valence-electron chi connectivity index (χ1n) is 13.1. The topological polar surface area (TPSA) is 51.9 Å². The summed E-state index contributed by atoms with van der Waals surface area (Å²) in [6.45, 7) is 17.9. The molecule has 3 heterocycles.